The molecule has 1 amide bonds. The van der Waals surface area contributed by atoms with Crippen molar-refractivity contribution in [3.05, 3.63) is 0 Å². The Labute approximate surface area is 109 Å². The number of carbonyl (C=O) groups excluding carboxylic acids is 1. The van der Waals surface area contributed by atoms with Crippen LogP contribution in [0.5, 0.6) is 0 Å². The number of likely N-dealkylation sites (tertiary alicyclic amines) is 1. The summed E-state index contributed by atoms with van der Waals surface area (Å²) in [5.74, 6) is 0.213. The van der Waals surface area contributed by atoms with Gasteiger partial charge in [0.15, 0.2) is 0 Å². The van der Waals surface area contributed by atoms with Gasteiger partial charge in [0, 0.05) is 19.6 Å². The van der Waals surface area contributed by atoms with E-state index in [4.69, 9.17) is 18.0 Å². The summed E-state index contributed by atoms with van der Waals surface area (Å²) in [6, 6.07) is 0. The second-order valence-corrected chi connectivity index (χ2v) is 5.09. The Morgan fingerprint density at radius 1 is 1.24 bits per heavy atom. The van der Waals surface area contributed by atoms with E-state index >= 15 is 0 Å². The molecule has 0 radical (unpaired) electrons. The zero-order valence-corrected chi connectivity index (χ0v) is 11.5. The Kier molecular flexibility index (Phi) is 6.44. The lowest BCUT2D eigenvalue weighted by atomic mass is 10.2. The lowest BCUT2D eigenvalue weighted by Gasteiger charge is -2.25. The van der Waals surface area contributed by atoms with Crippen molar-refractivity contribution in [3.8, 4) is 0 Å². The molecule has 0 aromatic rings. The van der Waals surface area contributed by atoms with E-state index < -0.39 is 0 Å². The molecule has 5 heteroatoms. The molecular weight excluding hydrogens is 234 g/mol. The molecule has 2 N–H and O–H groups in total. The minimum atomic E-state index is 0.213. The average Bonchev–Trinajstić information content (AvgIpc) is 2.55. The molecule has 1 rings (SSSR count). The topological polar surface area (TPSA) is 49.6 Å². The number of hydrogen-bond acceptors (Lipinski definition) is 3. The number of carbonyl (C=O) groups is 1. The third kappa shape index (κ3) is 5.46. The van der Waals surface area contributed by atoms with Crippen LogP contribution in [-0.4, -0.2) is 53.4 Å². The van der Waals surface area contributed by atoms with Crippen LogP contribution in [0, 0.1) is 0 Å². The lowest BCUT2D eigenvalue weighted by molar-refractivity contribution is -0.132. The zero-order chi connectivity index (χ0) is 12.7. The van der Waals surface area contributed by atoms with Crippen molar-refractivity contribution in [2.75, 3.05) is 32.7 Å². The maximum Gasteiger partial charge on any atom is 0.236 e. The smallest absolute Gasteiger partial charge is 0.236 e. The van der Waals surface area contributed by atoms with Crippen molar-refractivity contribution in [1.29, 1.82) is 0 Å². The van der Waals surface area contributed by atoms with Gasteiger partial charge in [-0.15, -0.1) is 0 Å². The van der Waals surface area contributed by atoms with Gasteiger partial charge in [-0.1, -0.05) is 32.0 Å². The minimum Gasteiger partial charge on any atom is -0.392 e. The summed E-state index contributed by atoms with van der Waals surface area (Å²) < 4.78 is 0. The molecule has 0 unspecified atom stereocenters. The van der Waals surface area contributed by atoms with Crippen molar-refractivity contribution >= 4 is 23.1 Å². The molecule has 17 heavy (non-hydrogen) atoms. The quantitative estimate of drug-likeness (QED) is 0.747. The fraction of sp³-hybridized carbons (Fsp3) is 0.833. The van der Waals surface area contributed by atoms with Gasteiger partial charge in [0.05, 0.1) is 11.5 Å². The summed E-state index contributed by atoms with van der Waals surface area (Å²) >= 11 is 4.88. The summed E-state index contributed by atoms with van der Waals surface area (Å²) in [6.45, 7) is 5.61. The van der Waals surface area contributed by atoms with Gasteiger partial charge in [-0.05, 0) is 19.4 Å². The van der Waals surface area contributed by atoms with Gasteiger partial charge in [0.1, 0.15) is 0 Å². The van der Waals surface area contributed by atoms with Gasteiger partial charge >= 0.3 is 0 Å². The number of nitrogens with zero attached hydrogens (tertiary/aromatic N) is 2. The predicted molar refractivity (Wildman–Crippen MR) is 73.9 cm³/mol. The summed E-state index contributed by atoms with van der Waals surface area (Å²) in [4.78, 5) is 16.5. The fourth-order valence-corrected chi connectivity index (χ4v) is 2.29. The number of rotatable bonds is 5. The summed E-state index contributed by atoms with van der Waals surface area (Å²) in [5, 5.41) is 0. The van der Waals surface area contributed by atoms with Crippen LogP contribution in [0.1, 0.15) is 32.6 Å². The van der Waals surface area contributed by atoms with Crippen LogP contribution in [0.15, 0.2) is 0 Å². The van der Waals surface area contributed by atoms with E-state index in [9.17, 15) is 4.79 Å². The third-order valence-corrected chi connectivity index (χ3v) is 3.27. The van der Waals surface area contributed by atoms with Gasteiger partial charge in [-0.2, -0.15) is 0 Å². The standard InChI is InChI=1S/C12H23N3OS/c1-2-14(9-11(13)17)10-12(16)15-7-5-3-4-6-8-15/h2-10H2,1H3,(H2,13,17). The predicted octanol–water partition coefficient (Wildman–Crippen LogP) is 0.997. The molecule has 4 nitrogen and oxygen atoms in total. The van der Waals surface area contributed by atoms with Crippen molar-refractivity contribution in [2.24, 2.45) is 5.73 Å². The summed E-state index contributed by atoms with van der Waals surface area (Å²) in [6.07, 6.45) is 4.75. The second-order valence-electron chi connectivity index (χ2n) is 4.56. The molecule has 0 aliphatic carbocycles. The molecule has 1 aliphatic heterocycles. The van der Waals surface area contributed by atoms with Crippen molar-refractivity contribution in [2.45, 2.75) is 32.6 Å². The molecule has 1 fully saturated rings. The molecule has 1 aliphatic rings. The Balaban J connectivity index is 2.42. The number of nitrogens with two attached hydrogens (primary N) is 1. The van der Waals surface area contributed by atoms with E-state index in [0.717, 1.165) is 32.5 Å². The van der Waals surface area contributed by atoms with Crippen LogP contribution in [0.25, 0.3) is 0 Å². The van der Waals surface area contributed by atoms with Crippen molar-refractivity contribution < 1.29 is 4.79 Å². The first kappa shape index (κ1) is 14.4. The van der Waals surface area contributed by atoms with E-state index in [0.29, 0.717) is 18.1 Å². The number of amides is 1. The van der Waals surface area contributed by atoms with E-state index in [-0.39, 0.29) is 5.91 Å². The normalized spacial score (nSPS) is 16.9. The highest BCUT2D eigenvalue weighted by molar-refractivity contribution is 7.80. The van der Waals surface area contributed by atoms with Gasteiger partial charge in [0.2, 0.25) is 5.91 Å². The third-order valence-electron chi connectivity index (χ3n) is 3.14. The molecular formula is C12H23N3OS. The summed E-state index contributed by atoms with van der Waals surface area (Å²) in [7, 11) is 0. The molecule has 0 aromatic carbocycles. The Morgan fingerprint density at radius 3 is 2.29 bits per heavy atom. The largest absolute Gasteiger partial charge is 0.392 e. The van der Waals surface area contributed by atoms with Crippen LogP contribution >= 0.6 is 12.2 Å². The Morgan fingerprint density at radius 2 is 1.82 bits per heavy atom. The van der Waals surface area contributed by atoms with E-state index in [2.05, 4.69) is 0 Å². The SMILES string of the molecule is CCN(CC(=O)N1CCCCCC1)CC(N)=S. The van der Waals surface area contributed by atoms with E-state index in [1.807, 2.05) is 16.7 Å². The average molecular weight is 257 g/mol. The Hall–Kier alpha value is -0.680. The highest BCUT2D eigenvalue weighted by Gasteiger charge is 2.17. The molecule has 0 aromatic heterocycles. The van der Waals surface area contributed by atoms with Crippen LogP contribution in [0.4, 0.5) is 0 Å². The first-order chi connectivity index (χ1) is 8.13. The van der Waals surface area contributed by atoms with Crippen LogP contribution in [0.2, 0.25) is 0 Å². The minimum absolute atomic E-state index is 0.213. The molecule has 98 valence electrons. The number of thiocarbonyl (C=S) groups is 1. The zero-order valence-electron chi connectivity index (χ0n) is 10.7. The van der Waals surface area contributed by atoms with Crippen molar-refractivity contribution in [1.82, 2.24) is 9.80 Å². The van der Waals surface area contributed by atoms with E-state index in [1.54, 1.807) is 0 Å². The van der Waals surface area contributed by atoms with Crippen molar-refractivity contribution in [3.63, 3.8) is 0 Å². The summed E-state index contributed by atoms with van der Waals surface area (Å²) in [5.41, 5.74) is 5.51. The van der Waals surface area contributed by atoms with Crippen LogP contribution in [0.3, 0.4) is 0 Å². The maximum atomic E-state index is 12.1. The van der Waals surface area contributed by atoms with Gasteiger partial charge in [-0.3, -0.25) is 9.69 Å². The molecule has 0 atom stereocenters. The first-order valence-corrected chi connectivity index (χ1v) is 6.82. The van der Waals surface area contributed by atoms with Crippen LogP contribution < -0.4 is 5.73 Å². The van der Waals surface area contributed by atoms with Gasteiger partial charge in [0.25, 0.3) is 0 Å². The first-order valence-electron chi connectivity index (χ1n) is 6.42. The van der Waals surface area contributed by atoms with Gasteiger partial charge in [-0.25, -0.2) is 0 Å². The van der Waals surface area contributed by atoms with E-state index in [1.165, 1.54) is 12.8 Å². The monoisotopic (exact) mass is 257 g/mol. The molecule has 0 saturated carbocycles. The maximum absolute atomic E-state index is 12.1. The highest BCUT2D eigenvalue weighted by atomic mass is 32.1. The highest BCUT2D eigenvalue weighted by Crippen LogP contribution is 2.10. The second kappa shape index (κ2) is 7.61. The molecule has 0 spiro atoms. The van der Waals surface area contributed by atoms with Crippen LogP contribution in [-0.2, 0) is 4.79 Å². The number of likely N-dealkylation sites (N-methyl/N-ethyl adjacent to an activating group) is 1. The molecule has 1 heterocycles. The lowest BCUT2D eigenvalue weighted by Crippen LogP contribution is -2.43. The van der Waals surface area contributed by atoms with Gasteiger partial charge < -0.3 is 10.6 Å². The number of hydrogen-bond donors (Lipinski definition) is 1. The fourth-order valence-electron chi connectivity index (χ4n) is 2.11. The Bertz CT molecular complexity index is 262. The molecule has 1 saturated heterocycles. The molecule has 0 bridgehead atoms.